The Balaban J connectivity index is 1.99. The number of nitrogens with zero attached hydrogens (tertiary/aromatic N) is 2. The van der Waals surface area contributed by atoms with Gasteiger partial charge in [0, 0.05) is 25.2 Å². The van der Waals surface area contributed by atoms with Crippen LogP contribution in [0.2, 0.25) is 0 Å². The standard InChI is InChI=1S/C13H23N3O/c1-16-9-11(8-15-16)5-7-13(10-14)6-3-2-4-12(13)17/h8-9,12,17H,2-7,10,14H2,1H3. The zero-order valence-electron chi connectivity index (χ0n) is 10.6. The van der Waals surface area contributed by atoms with Crippen molar-refractivity contribution in [2.24, 2.45) is 18.2 Å². The highest BCUT2D eigenvalue weighted by molar-refractivity contribution is 5.05. The van der Waals surface area contributed by atoms with E-state index in [0.29, 0.717) is 6.54 Å². The number of hydrogen-bond donors (Lipinski definition) is 2. The Labute approximate surface area is 103 Å². The summed E-state index contributed by atoms with van der Waals surface area (Å²) >= 11 is 0. The van der Waals surface area contributed by atoms with Gasteiger partial charge in [0.05, 0.1) is 12.3 Å². The van der Waals surface area contributed by atoms with Gasteiger partial charge in [-0.25, -0.2) is 0 Å². The first-order valence-corrected chi connectivity index (χ1v) is 6.52. The van der Waals surface area contributed by atoms with Gasteiger partial charge in [0.2, 0.25) is 0 Å². The lowest BCUT2D eigenvalue weighted by molar-refractivity contribution is -0.0115. The molecule has 2 rings (SSSR count). The van der Waals surface area contributed by atoms with Crippen LogP contribution in [-0.4, -0.2) is 27.5 Å². The van der Waals surface area contributed by atoms with Crippen molar-refractivity contribution in [2.75, 3.05) is 6.54 Å². The molecule has 0 aromatic carbocycles. The number of aromatic nitrogens is 2. The highest BCUT2D eigenvalue weighted by Gasteiger charge is 2.38. The molecule has 96 valence electrons. The maximum absolute atomic E-state index is 10.2. The van der Waals surface area contributed by atoms with Crippen molar-refractivity contribution in [3.63, 3.8) is 0 Å². The van der Waals surface area contributed by atoms with E-state index in [1.807, 2.05) is 24.1 Å². The van der Waals surface area contributed by atoms with Crippen molar-refractivity contribution in [1.29, 1.82) is 0 Å². The van der Waals surface area contributed by atoms with E-state index in [2.05, 4.69) is 5.10 Å². The third kappa shape index (κ3) is 2.69. The van der Waals surface area contributed by atoms with E-state index >= 15 is 0 Å². The Kier molecular flexibility index (Phi) is 3.84. The summed E-state index contributed by atoms with van der Waals surface area (Å²) in [6.07, 6.45) is 9.95. The molecule has 2 atom stereocenters. The second-order valence-corrected chi connectivity index (χ2v) is 5.35. The zero-order valence-corrected chi connectivity index (χ0v) is 10.6. The van der Waals surface area contributed by atoms with Crippen LogP contribution in [0.3, 0.4) is 0 Å². The quantitative estimate of drug-likeness (QED) is 0.828. The molecule has 17 heavy (non-hydrogen) atoms. The van der Waals surface area contributed by atoms with Crippen molar-refractivity contribution in [3.05, 3.63) is 18.0 Å². The summed E-state index contributed by atoms with van der Waals surface area (Å²) in [6, 6.07) is 0. The SMILES string of the molecule is Cn1cc(CCC2(CN)CCCCC2O)cn1. The van der Waals surface area contributed by atoms with Crippen LogP contribution in [0.1, 0.15) is 37.7 Å². The van der Waals surface area contributed by atoms with E-state index in [9.17, 15) is 5.11 Å². The summed E-state index contributed by atoms with van der Waals surface area (Å²) in [6.45, 7) is 0.592. The minimum Gasteiger partial charge on any atom is -0.393 e. The first kappa shape index (κ1) is 12.6. The van der Waals surface area contributed by atoms with Gasteiger partial charge in [-0.1, -0.05) is 12.8 Å². The third-order valence-corrected chi connectivity index (χ3v) is 4.19. The van der Waals surface area contributed by atoms with Gasteiger partial charge in [0.1, 0.15) is 0 Å². The predicted octanol–water partition coefficient (Wildman–Crippen LogP) is 1.23. The molecule has 1 aromatic heterocycles. The van der Waals surface area contributed by atoms with Crippen LogP contribution in [0, 0.1) is 5.41 Å². The average Bonchev–Trinajstić information content (AvgIpc) is 2.75. The largest absolute Gasteiger partial charge is 0.393 e. The van der Waals surface area contributed by atoms with E-state index in [-0.39, 0.29) is 11.5 Å². The number of aryl methyl sites for hydroxylation is 2. The minimum absolute atomic E-state index is 0.0614. The Morgan fingerprint density at radius 3 is 3.00 bits per heavy atom. The van der Waals surface area contributed by atoms with Crippen LogP contribution in [0.4, 0.5) is 0 Å². The first-order valence-electron chi connectivity index (χ1n) is 6.52. The van der Waals surface area contributed by atoms with Crippen LogP contribution >= 0.6 is 0 Å². The summed E-state index contributed by atoms with van der Waals surface area (Å²) in [4.78, 5) is 0. The van der Waals surface area contributed by atoms with Crippen molar-refractivity contribution in [2.45, 2.75) is 44.6 Å². The van der Waals surface area contributed by atoms with Gasteiger partial charge in [-0.3, -0.25) is 4.68 Å². The third-order valence-electron chi connectivity index (χ3n) is 4.19. The molecule has 0 radical (unpaired) electrons. The van der Waals surface area contributed by atoms with Gasteiger partial charge in [0.25, 0.3) is 0 Å². The van der Waals surface area contributed by atoms with E-state index in [0.717, 1.165) is 32.1 Å². The number of aliphatic hydroxyl groups excluding tert-OH is 1. The highest BCUT2D eigenvalue weighted by Crippen LogP contribution is 2.39. The Morgan fingerprint density at radius 2 is 2.41 bits per heavy atom. The molecular weight excluding hydrogens is 214 g/mol. The lowest BCUT2D eigenvalue weighted by atomic mass is 9.69. The molecule has 4 heteroatoms. The average molecular weight is 237 g/mol. The number of nitrogens with two attached hydrogens (primary N) is 1. The molecule has 1 aliphatic carbocycles. The minimum atomic E-state index is -0.224. The molecule has 1 aromatic rings. The summed E-state index contributed by atoms with van der Waals surface area (Å²) in [5.41, 5.74) is 7.09. The Morgan fingerprint density at radius 1 is 1.59 bits per heavy atom. The van der Waals surface area contributed by atoms with Gasteiger partial charge in [0.15, 0.2) is 0 Å². The molecule has 0 amide bonds. The molecule has 0 bridgehead atoms. The molecule has 2 unspecified atom stereocenters. The highest BCUT2D eigenvalue weighted by atomic mass is 16.3. The molecular formula is C13H23N3O. The van der Waals surface area contributed by atoms with Gasteiger partial charge >= 0.3 is 0 Å². The summed E-state index contributed by atoms with van der Waals surface area (Å²) in [5, 5.41) is 14.4. The Hall–Kier alpha value is -0.870. The maximum Gasteiger partial charge on any atom is 0.0608 e. The monoisotopic (exact) mass is 237 g/mol. The normalized spacial score (nSPS) is 29.5. The van der Waals surface area contributed by atoms with Crippen LogP contribution in [0.5, 0.6) is 0 Å². The van der Waals surface area contributed by atoms with Crippen LogP contribution in [0.25, 0.3) is 0 Å². The van der Waals surface area contributed by atoms with Gasteiger partial charge < -0.3 is 10.8 Å². The van der Waals surface area contributed by atoms with Gasteiger partial charge in [-0.2, -0.15) is 5.10 Å². The molecule has 1 saturated carbocycles. The lowest BCUT2D eigenvalue weighted by Gasteiger charge is -2.40. The lowest BCUT2D eigenvalue weighted by Crippen LogP contribution is -2.44. The van der Waals surface area contributed by atoms with Gasteiger partial charge in [-0.05, 0) is 31.2 Å². The summed E-state index contributed by atoms with van der Waals surface area (Å²) in [7, 11) is 1.93. The molecule has 1 heterocycles. The molecule has 1 aliphatic rings. The molecule has 0 aliphatic heterocycles. The number of rotatable bonds is 4. The van der Waals surface area contributed by atoms with Crippen molar-refractivity contribution < 1.29 is 5.11 Å². The van der Waals surface area contributed by atoms with E-state index < -0.39 is 0 Å². The fourth-order valence-corrected chi connectivity index (χ4v) is 2.91. The molecule has 3 N–H and O–H groups in total. The van der Waals surface area contributed by atoms with E-state index in [4.69, 9.17) is 5.73 Å². The van der Waals surface area contributed by atoms with E-state index in [1.165, 1.54) is 12.0 Å². The van der Waals surface area contributed by atoms with Crippen LogP contribution in [-0.2, 0) is 13.5 Å². The zero-order chi connectivity index (χ0) is 12.3. The number of hydrogen-bond acceptors (Lipinski definition) is 3. The van der Waals surface area contributed by atoms with Crippen molar-refractivity contribution >= 4 is 0 Å². The van der Waals surface area contributed by atoms with Gasteiger partial charge in [-0.15, -0.1) is 0 Å². The van der Waals surface area contributed by atoms with Crippen LogP contribution < -0.4 is 5.73 Å². The molecule has 4 nitrogen and oxygen atoms in total. The first-order chi connectivity index (χ1) is 8.16. The predicted molar refractivity (Wildman–Crippen MR) is 67.5 cm³/mol. The van der Waals surface area contributed by atoms with Crippen molar-refractivity contribution in [3.8, 4) is 0 Å². The summed E-state index contributed by atoms with van der Waals surface area (Å²) in [5.74, 6) is 0. The topological polar surface area (TPSA) is 64.1 Å². The second kappa shape index (κ2) is 5.19. The maximum atomic E-state index is 10.2. The molecule has 1 fully saturated rings. The molecule has 0 saturated heterocycles. The fraction of sp³-hybridized carbons (Fsp3) is 0.769. The fourth-order valence-electron chi connectivity index (χ4n) is 2.91. The molecule has 0 spiro atoms. The Bertz CT molecular complexity index is 363. The van der Waals surface area contributed by atoms with Crippen molar-refractivity contribution in [1.82, 2.24) is 9.78 Å². The summed E-state index contributed by atoms with van der Waals surface area (Å²) < 4.78 is 1.82. The second-order valence-electron chi connectivity index (χ2n) is 5.35. The van der Waals surface area contributed by atoms with Crippen LogP contribution in [0.15, 0.2) is 12.4 Å². The van der Waals surface area contributed by atoms with E-state index in [1.54, 1.807) is 0 Å². The smallest absolute Gasteiger partial charge is 0.0608 e. The number of aliphatic hydroxyl groups is 1.